The van der Waals surface area contributed by atoms with Crippen molar-refractivity contribution in [3.63, 3.8) is 0 Å². The van der Waals surface area contributed by atoms with Gasteiger partial charge in [-0.05, 0) is 51.0 Å². The van der Waals surface area contributed by atoms with Crippen molar-refractivity contribution in [2.45, 2.75) is 60.5 Å². The molecule has 3 unspecified atom stereocenters. The highest BCUT2D eigenvalue weighted by atomic mass is 16.5. The van der Waals surface area contributed by atoms with Gasteiger partial charge in [0.25, 0.3) is 0 Å². The number of hydrogen-bond donors (Lipinski definition) is 0. The molecule has 0 saturated heterocycles. The predicted octanol–water partition coefficient (Wildman–Crippen LogP) is 4.39. The molecule has 0 radical (unpaired) electrons. The van der Waals surface area contributed by atoms with Gasteiger partial charge in [-0.1, -0.05) is 37.6 Å². The summed E-state index contributed by atoms with van der Waals surface area (Å²) < 4.78 is 5.70. The zero-order valence-electron chi connectivity index (χ0n) is 15.1. The molecule has 0 aromatic carbocycles. The first-order chi connectivity index (χ1) is 10.7. The average Bonchev–Trinajstić information content (AvgIpc) is 2.86. The van der Waals surface area contributed by atoms with Crippen LogP contribution in [0.3, 0.4) is 0 Å². The minimum absolute atomic E-state index is 0.0532. The van der Waals surface area contributed by atoms with E-state index in [1.807, 2.05) is 39.8 Å². The van der Waals surface area contributed by atoms with Crippen LogP contribution in [0.25, 0.3) is 0 Å². The van der Waals surface area contributed by atoms with Crippen molar-refractivity contribution >= 4 is 11.8 Å². The van der Waals surface area contributed by atoms with Gasteiger partial charge in [0.2, 0.25) is 0 Å². The van der Waals surface area contributed by atoms with E-state index < -0.39 is 0 Å². The fourth-order valence-electron chi connectivity index (χ4n) is 3.51. The van der Waals surface area contributed by atoms with Gasteiger partial charge in [-0.15, -0.1) is 0 Å². The van der Waals surface area contributed by atoms with Crippen molar-refractivity contribution < 1.29 is 14.3 Å². The lowest BCUT2D eigenvalue weighted by Crippen LogP contribution is -2.20. The van der Waals surface area contributed by atoms with Crippen molar-refractivity contribution in [2.24, 2.45) is 17.3 Å². The van der Waals surface area contributed by atoms with Crippen molar-refractivity contribution in [3.8, 4) is 0 Å². The van der Waals surface area contributed by atoms with Crippen LogP contribution in [-0.4, -0.2) is 17.9 Å². The molecule has 0 bridgehead atoms. The third-order valence-corrected chi connectivity index (χ3v) is 5.16. The fourth-order valence-corrected chi connectivity index (χ4v) is 3.51. The SMILES string of the molecule is CC=CCC1=C(C)C(OC(=O)C2C(C=C(C)C)C2(C)C)CC1=O. The van der Waals surface area contributed by atoms with E-state index in [4.69, 9.17) is 4.74 Å². The summed E-state index contributed by atoms with van der Waals surface area (Å²) in [5.41, 5.74) is 2.89. The standard InChI is InChI=1S/C20H28O3/c1-7-8-9-14-13(4)17(11-16(14)21)23-19(22)18-15(10-12(2)3)20(18,5)6/h7-8,10,15,17-18H,9,11H2,1-6H3. The van der Waals surface area contributed by atoms with Crippen LogP contribution in [0.1, 0.15) is 54.4 Å². The van der Waals surface area contributed by atoms with Gasteiger partial charge in [0.05, 0.1) is 12.3 Å². The molecular weight excluding hydrogens is 288 g/mol. The first kappa shape index (κ1) is 17.7. The maximum Gasteiger partial charge on any atom is 0.310 e. The molecule has 2 rings (SSSR count). The summed E-state index contributed by atoms with van der Waals surface area (Å²) in [5.74, 6) is 0.0833. The monoisotopic (exact) mass is 316 g/mol. The smallest absolute Gasteiger partial charge is 0.310 e. The van der Waals surface area contributed by atoms with Gasteiger partial charge in [0.15, 0.2) is 5.78 Å². The number of ether oxygens (including phenoxy) is 1. The van der Waals surface area contributed by atoms with Crippen LogP contribution in [0.15, 0.2) is 34.9 Å². The van der Waals surface area contributed by atoms with Gasteiger partial charge in [0, 0.05) is 5.57 Å². The van der Waals surface area contributed by atoms with Gasteiger partial charge < -0.3 is 4.74 Å². The van der Waals surface area contributed by atoms with E-state index in [-0.39, 0.29) is 35.1 Å². The highest BCUT2D eigenvalue weighted by Gasteiger charge is 2.61. The van der Waals surface area contributed by atoms with E-state index >= 15 is 0 Å². The Morgan fingerprint density at radius 3 is 2.57 bits per heavy atom. The highest BCUT2D eigenvalue weighted by molar-refractivity contribution is 6.00. The molecular formula is C20H28O3. The quantitative estimate of drug-likeness (QED) is 0.558. The number of allylic oxidation sites excluding steroid dienone is 5. The van der Waals surface area contributed by atoms with Gasteiger partial charge in [0.1, 0.15) is 6.10 Å². The van der Waals surface area contributed by atoms with Crippen molar-refractivity contribution in [3.05, 3.63) is 34.9 Å². The number of ketones is 1. The average molecular weight is 316 g/mol. The summed E-state index contributed by atoms with van der Waals surface area (Å²) >= 11 is 0. The summed E-state index contributed by atoms with van der Waals surface area (Å²) in [6.07, 6.45) is 6.61. The molecule has 0 heterocycles. The molecule has 0 N–H and O–H groups in total. The number of rotatable bonds is 5. The Kier molecular flexibility index (Phi) is 4.98. The third-order valence-electron chi connectivity index (χ3n) is 5.16. The van der Waals surface area contributed by atoms with Crippen LogP contribution in [0.5, 0.6) is 0 Å². The minimum Gasteiger partial charge on any atom is -0.457 e. The normalized spacial score (nSPS) is 29.1. The second kappa shape index (κ2) is 6.46. The van der Waals surface area contributed by atoms with E-state index in [9.17, 15) is 9.59 Å². The second-order valence-corrected chi connectivity index (χ2v) is 7.56. The fraction of sp³-hybridized carbons (Fsp3) is 0.600. The van der Waals surface area contributed by atoms with Crippen LogP contribution in [0.2, 0.25) is 0 Å². The molecule has 2 aliphatic carbocycles. The lowest BCUT2D eigenvalue weighted by atomic mass is 10.1. The molecule has 23 heavy (non-hydrogen) atoms. The Balaban J connectivity index is 2.06. The molecule has 3 atom stereocenters. The Bertz CT molecular complexity index is 600. The van der Waals surface area contributed by atoms with Crippen molar-refractivity contribution in [2.75, 3.05) is 0 Å². The lowest BCUT2D eigenvalue weighted by Gasteiger charge is -2.13. The lowest BCUT2D eigenvalue weighted by molar-refractivity contribution is -0.150. The molecule has 0 aliphatic heterocycles. The van der Waals surface area contributed by atoms with E-state index in [2.05, 4.69) is 19.9 Å². The summed E-state index contributed by atoms with van der Waals surface area (Å²) in [6, 6.07) is 0. The predicted molar refractivity (Wildman–Crippen MR) is 91.8 cm³/mol. The van der Waals surface area contributed by atoms with Crippen LogP contribution >= 0.6 is 0 Å². The van der Waals surface area contributed by atoms with E-state index in [0.717, 1.165) is 11.1 Å². The molecule has 0 amide bonds. The Morgan fingerprint density at radius 1 is 1.35 bits per heavy atom. The molecule has 3 nitrogen and oxygen atoms in total. The molecule has 1 fully saturated rings. The highest BCUT2D eigenvalue weighted by Crippen LogP contribution is 2.60. The topological polar surface area (TPSA) is 43.4 Å². The first-order valence-corrected chi connectivity index (χ1v) is 8.39. The Hall–Kier alpha value is -1.64. The maximum absolute atomic E-state index is 12.5. The number of hydrogen-bond acceptors (Lipinski definition) is 3. The molecule has 0 aromatic heterocycles. The molecule has 0 aromatic rings. The van der Waals surface area contributed by atoms with Gasteiger partial charge >= 0.3 is 5.97 Å². The summed E-state index contributed by atoms with van der Waals surface area (Å²) in [4.78, 5) is 24.7. The molecule has 2 aliphatic rings. The molecule has 3 heteroatoms. The number of carbonyl (C=O) groups is 2. The van der Waals surface area contributed by atoms with Crippen LogP contribution in [0, 0.1) is 17.3 Å². The molecule has 126 valence electrons. The van der Waals surface area contributed by atoms with Crippen LogP contribution < -0.4 is 0 Å². The van der Waals surface area contributed by atoms with Crippen molar-refractivity contribution in [1.82, 2.24) is 0 Å². The summed E-state index contributed by atoms with van der Waals surface area (Å²) in [6.45, 7) is 12.1. The minimum atomic E-state index is -0.376. The number of carbonyl (C=O) groups excluding carboxylic acids is 2. The number of esters is 1. The summed E-state index contributed by atoms with van der Waals surface area (Å²) in [5, 5.41) is 0. The van der Waals surface area contributed by atoms with E-state index in [1.165, 1.54) is 5.57 Å². The first-order valence-electron chi connectivity index (χ1n) is 8.39. The van der Waals surface area contributed by atoms with E-state index in [1.54, 1.807) is 0 Å². The summed E-state index contributed by atoms with van der Waals surface area (Å²) in [7, 11) is 0. The van der Waals surface area contributed by atoms with Crippen molar-refractivity contribution in [1.29, 1.82) is 0 Å². The van der Waals surface area contributed by atoms with Gasteiger partial charge in [-0.3, -0.25) is 9.59 Å². The van der Waals surface area contributed by atoms with Gasteiger partial charge in [-0.2, -0.15) is 0 Å². The Morgan fingerprint density at radius 2 is 2.00 bits per heavy atom. The zero-order chi connectivity index (χ0) is 17.4. The molecule has 0 spiro atoms. The Labute approximate surface area is 139 Å². The maximum atomic E-state index is 12.5. The van der Waals surface area contributed by atoms with Crippen LogP contribution in [0.4, 0.5) is 0 Å². The second-order valence-electron chi connectivity index (χ2n) is 7.56. The van der Waals surface area contributed by atoms with Gasteiger partial charge in [-0.25, -0.2) is 0 Å². The number of Topliss-reactive ketones (excluding diaryl/α,β-unsaturated/α-hetero) is 1. The zero-order valence-corrected chi connectivity index (χ0v) is 15.1. The van der Waals surface area contributed by atoms with Crippen LogP contribution in [-0.2, 0) is 14.3 Å². The largest absolute Gasteiger partial charge is 0.457 e. The third kappa shape index (κ3) is 3.49. The molecule has 1 saturated carbocycles. The van der Waals surface area contributed by atoms with E-state index in [0.29, 0.717) is 12.8 Å².